The molecule has 3 rings (SSSR count). The topological polar surface area (TPSA) is 37.3 Å². The van der Waals surface area contributed by atoms with Gasteiger partial charge in [0.05, 0.1) is 23.0 Å². The molecule has 3 nitrogen and oxygen atoms in total. The number of alkyl halides is 3. The van der Waals surface area contributed by atoms with Crippen LogP contribution >= 0.6 is 11.6 Å². The number of benzene rings is 2. The van der Waals surface area contributed by atoms with E-state index in [4.69, 9.17) is 11.6 Å². The second-order valence-corrected chi connectivity index (χ2v) is 5.42. The average Bonchev–Trinajstić information content (AvgIpc) is 2.55. The molecule has 0 fully saturated rings. The Morgan fingerprint density at radius 2 is 1.83 bits per heavy atom. The van der Waals surface area contributed by atoms with Crippen LogP contribution < -0.4 is 5.43 Å². The number of hydrogen-bond acceptors (Lipinski definition) is 3. The van der Waals surface area contributed by atoms with Crippen molar-refractivity contribution in [2.24, 2.45) is 5.10 Å². The summed E-state index contributed by atoms with van der Waals surface area (Å²) in [6.45, 7) is 0. The van der Waals surface area contributed by atoms with Gasteiger partial charge in [-0.1, -0.05) is 41.9 Å². The van der Waals surface area contributed by atoms with Crippen LogP contribution in [0.15, 0.2) is 59.8 Å². The summed E-state index contributed by atoms with van der Waals surface area (Å²) in [5.41, 5.74) is 2.94. The molecule has 0 bridgehead atoms. The molecule has 0 radical (unpaired) electrons. The lowest BCUT2D eigenvalue weighted by atomic mass is 10.1. The Kier molecular flexibility index (Phi) is 4.40. The van der Waals surface area contributed by atoms with Crippen LogP contribution in [0.4, 0.5) is 18.9 Å². The van der Waals surface area contributed by atoms with Crippen molar-refractivity contribution in [2.45, 2.75) is 6.18 Å². The predicted octanol–water partition coefficient (Wildman–Crippen LogP) is 5.35. The van der Waals surface area contributed by atoms with Gasteiger partial charge in [0.1, 0.15) is 0 Å². The second kappa shape index (κ2) is 6.49. The summed E-state index contributed by atoms with van der Waals surface area (Å²) >= 11 is 5.84. The number of rotatable bonds is 3. The first kappa shape index (κ1) is 16.3. The predicted molar refractivity (Wildman–Crippen MR) is 89.4 cm³/mol. The van der Waals surface area contributed by atoms with E-state index in [1.807, 2.05) is 30.3 Å². The molecule has 3 aromatic rings. The van der Waals surface area contributed by atoms with Crippen molar-refractivity contribution in [3.8, 4) is 0 Å². The molecule has 0 aliphatic carbocycles. The highest BCUT2D eigenvalue weighted by Gasteiger charge is 2.34. The number of halogens is 4. The molecule has 1 heterocycles. The molecule has 0 saturated carbocycles. The van der Waals surface area contributed by atoms with E-state index in [2.05, 4.69) is 15.5 Å². The minimum Gasteiger partial charge on any atom is -0.278 e. The smallest absolute Gasteiger partial charge is 0.278 e. The van der Waals surface area contributed by atoms with E-state index in [0.717, 1.165) is 11.6 Å². The number of nitrogens with zero attached hydrogens (tertiary/aromatic N) is 2. The molecule has 122 valence electrons. The fraction of sp³-hybridized carbons (Fsp3) is 0.0588. The van der Waals surface area contributed by atoms with Crippen molar-refractivity contribution in [3.05, 3.63) is 70.9 Å². The van der Waals surface area contributed by atoms with Gasteiger partial charge in [-0.3, -0.25) is 10.4 Å². The van der Waals surface area contributed by atoms with Crippen LogP contribution in [-0.2, 0) is 6.18 Å². The van der Waals surface area contributed by atoms with Gasteiger partial charge < -0.3 is 0 Å². The molecule has 7 heteroatoms. The van der Waals surface area contributed by atoms with Gasteiger partial charge in [0.15, 0.2) is 0 Å². The number of aromatic nitrogens is 1. The average molecular weight is 350 g/mol. The van der Waals surface area contributed by atoms with Gasteiger partial charge in [-0.25, -0.2) is 0 Å². The van der Waals surface area contributed by atoms with E-state index in [9.17, 15) is 13.2 Å². The summed E-state index contributed by atoms with van der Waals surface area (Å²) in [7, 11) is 0. The van der Waals surface area contributed by atoms with E-state index < -0.39 is 11.7 Å². The van der Waals surface area contributed by atoms with E-state index in [0.29, 0.717) is 5.69 Å². The maximum Gasteiger partial charge on any atom is 0.418 e. The molecule has 0 unspecified atom stereocenters. The number of nitrogens with one attached hydrogen (secondary N) is 1. The summed E-state index contributed by atoms with van der Waals surface area (Å²) in [5.74, 6) is 0. The SMILES string of the molecule is FC(F)(F)c1cc(Cl)cc2c(N/N=C/c3ccccc3)ccnc12. The van der Waals surface area contributed by atoms with Crippen LogP contribution in [0.2, 0.25) is 5.02 Å². The number of pyridine rings is 1. The fourth-order valence-electron chi connectivity index (χ4n) is 2.25. The molecule has 1 aromatic heterocycles. The number of hydrazone groups is 1. The van der Waals surface area contributed by atoms with Crippen molar-refractivity contribution in [1.82, 2.24) is 4.98 Å². The van der Waals surface area contributed by atoms with Crippen LogP contribution in [0.5, 0.6) is 0 Å². The van der Waals surface area contributed by atoms with E-state index in [-0.39, 0.29) is 15.9 Å². The van der Waals surface area contributed by atoms with Gasteiger partial charge in [-0.15, -0.1) is 0 Å². The number of fused-ring (bicyclic) bond motifs is 1. The first-order chi connectivity index (χ1) is 11.4. The highest BCUT2D eigenvalue weighted by molar-refractivity contribution is 6.31. The summed E-state index contributed by atoms with van der Waals surface area (Å²) in [6.07, 6.45) is -1.67. The lowest BCUT2D eigenvalue weighted by Gasteiger charge is -2.12. The third-order valence-corrected chi connectivity index (χ3v) is 3.53. The van der Waals surface area contributed by atoms with Gasteiger partial charge in [-0.2, -0.15) is 18.3 Å². The summed E-state index contributed by atoms with van der Waals surface area (Å²) < 4.78 is 39.5. The third kappa shape index (κ3) is 3.49. The molecule has 0 spiro atoms. The maximum absolute atomic E-state index is 13.2. The van der Waals surface area contributed by atoms with Crippen molar-refractivity contribution in [1.29, 1.82) is 0 Å². The zero-order valence-corrected chi connectivity index (χ0v) is 12.9. The van der Waals surface area contributed by atoms with Crippen LogP contribution in [-0.4, -0.2) is 11.2 Å². The third-order valence-electron chi connectivity index (χ3n) is 3.31. The van der Waals surface area contributed by atoms with Crippen molar-refractivity contribution >= 4 is 34.4 Å². The lowest BCUT2D eigenvalue weighted by Crippen LogP contribution is -2.07. The number of hydrogen-bond donors (Lipinski definition) is 1. The normalized spacial score (nSPS) is 12.0. The van der Waals surface area contributed by atoms with Gasteiger partial charge in [0.25, 0.3) is 0 Å². The van der Waals surface area contributed by atoms with Gasteiger partial charge in [0, 0.05) is 16.6 Å². The minimum atomic E-state index is -4.54. The quantitative estimate of drug-likeness (QED) is 0.511. The Labute approximate surface area is 140 Å². The molecule has 0 atom stereocenters. The monoisotopic (exact) mass is 349 g/mol. The van der Waals surface area contributed by atoms with Crippen LogP contribution in [0.3, 0.4) is 0 Å². The first-order valence-corrected chi connectivity index (χ1v) is 7.32. The largest absolute Gasteiger partial charge is 0.418 e. The minimum absolute atomic E-state index is 0.0158. The molecular formula is C17H11ClF3N3. The Balaban J connectivity index is 2.00. The summed E-state index contributed by atoms with van der Waals surface area (Å²) in [5, 5.41) is 4.29. The molecule has 1 N–H and O–H groups in total. The molecule has 2 aromatic carbocycles. The molecule has 0 aliphatic heterocycles. The van der Waals surface area contributed by atoms with Crippen molar-refractivity contribution < 1.29 is 13.2 Å². The standard InChI is InChI=1S/C17H11ClF3N3/c18-12-8-13-15(24-23-10-11-4-2-1-3-5-11)6-7-22-16(13)14(9-12)17(19,20)21/h1-10H,(H,22,24)/b23-10+. The summed E-state index contributed by atoms with van der Waals surface area (Å²) in [6, 6.07) is 13.1. The zero-order valence-electron chi connectivity index (χ0n) is 12.2. The molecule has 0 aliphatic rings. The molecule has 0 saturated heterocycles. The van der Waals surface area contributed by atoms with Gasteiger partial charge in [-0.05, 0) is 23.8 Å². The lowest BCUT2D eigenvalue weighted by molar-refractivity contribution is -0.136. The molecule has 0 amide bonds. The fourth-order valence-corrected chi connectivity index (χ4v) is 2.47. The Bertz CT molecular complexity index is 893. The van der Waals surface area contributed by atoms with Crippen molar-refractivity contribution in [3.63, 3.8) is 0 Å². The molecule has 24 heavy (non-hydrogen) atoms. The number of anilines is 1. The van der Waals surface area contributed by atoms with Crippen LogP contribution in [0.1, 0.15) is 11.1 Å². The van der Waals surface area contributed by atoms with E-state index >= 15 is 0 Å². The summed E-state index contributed by atoms with van der Waals surface area (Å²) in [4.78, 5) is 3.85. The highest BCUT2D eigenvalue weighted by atomic mass is 35.5. The van der Waals surface area contributed by atoms with Gasteiger partial charge in [0.2, 0.25) is 0 Å². The van der Waals surface area contributed by atoms with Crippen molar-refractivity contribution in [2.75, 3.05) is 5.43 Å². The zero-order chi connectivity index (χ0) is 17.2. The Morgan fingerprint density at radius 3 is 2.54 bits per heavy atom. The maximum atomic E-state index is 13.2. The Hall–Kier alpha value is -2.60. The van der Waals surface area contributed by atoms with Crippen LogP contribution in [0.25, 0.3) is 10.9 Å². The van der Waals surface area contributed by atoms with E-state index in [1.54, 1.807) is 12.3 Å². The molecular weight excluding hydrogens is 339 g/mol. The van der Waals surface area contributed by atoms with Gasteiger partial charge >= 0.3 is 6.18 Å². The first-order valence-electron chi connectivity index (χ1n) is 6.95. The highest BCUT2D eigenvalue weighted by Crippen LogP contribution is 2.37. The van der Waals surface area contributed by atoms with E-state index in [1.165, 1.54) is 12.3 Å². The van der Waals surface area contributed by atoms with Crippen LogP contribution in [0, 0.1) is 0 Å². The Morgan fingerprint density at radius 1 is 1.08 bits per heavy atom. The second-order valence-electron chi connectivity index (χ2n) is 4.99.